The first-order valence-corrected chi connectivity index (χ1v) is 3.27. The zero-order valence-corrected chi connectivity index (χ0v) is 6.50. The number of hydrogen-bond donors (Lipinski definition) is 2. The van der Waals surface area contributed by atoms with Gasteiger partial charge in [-0.15, -0.1) is 0 Å². The van der Waals surface area contributed by atoms with Crippen molar-refractivity contribution in [3.63, 3.8) is 0 Å². The largest absolute Gasteiger partial charge is 0.465 e. The second-order valence-corrected chi connectivity index (χ2v) is 2.23. The Balaban J connectivity index is 3.60. The number of primary amides is 1. The van der Waals surface area contributed by atoms with Crippen molar-refractivity contribution < 1.29 is 20.1 Å². The monoisotopic (exact) mass is 161 g/mol. The molecule has 0 aromatic heterocycles. The number of carbonyl (C=O) groups excluding carboxylic acids is 2. The minimum atomic E-state index is -0.493. The van der Waals surface area contributed by atoms with E-state index >= 15 is 0 Å². The molecule has 0 radical (unpaired) electrons. The third kappa shape index (κ3) is 4.32. The zero-order chi connectivity index (χ0) is 8.85. The Labute approximate surface area is 64.7 Å². The van der Waals surface area contributed by atoms with E-state index in [4.69, 9.17) is 5.73 Å². The first-order chi connectivity index (χ1) is 5.07. The van der Waals surface area contributed by atoms with Crippen LogP contribution >= 0.6 is 0 Å². The Morgan fingerprint density at radius 3 is 2.55 bits per heavy atom. The summed E-state index contributed by atoms with van der Waals surface area (Å²) in [5, 5.41) is 0. The molecule has 0 aliphatic heterocycles. The maximum atomic E-state index is 10.7. The fourth-order valence-corrected chi connectivity index (χ4v) is 0.601. The first kappa shape index (κ1) is 9.90. The summed E-state index contributed by atoms with van der Waals surface area (Å²) >= 11 is 0. The maximum Gasteiger partial charge on any atom is 0.364 e. The summed E-state index contributed by atoms with van der Waals surface area (Å²) in [5.41, 5.74) is 8.36. The molecule has 0 aromatic carbocycles. The predicted molar refractivity (Wildman–Crippen MR) is 37.1 cm³/mol. The maximum absolute atomic E-state index is 10.7. The lowest BCUT2D eigenvalue weighted by Gasteiger charge is -2.03. The van der Waals surface area contributed by atoms with Crippen LogP contribution in [0.2, 0.25) is 0 Å². The van der Waals surface area contributed by atoms with Crippen molar-refractivity contribution in [3.05, 3.63) is 0 Å². The van der Waals surface area contributed by atoms with Crippen LogP contribution in [0.25, 0.3) is 0 Å². The number of quaternary nitrogens is 1. The molecule has 1 atom stereocenters. The zero-order valence-electron chi connectivity index (χ0n) is 6.50. The van der Waals surface area contributed by atoms with Crippen molar-refractivity contribution in [2.75, 3.05) is 7.11 Å². The molecule has 11 heavy (non-hydrogen) atoms. The van der Waals surface area contributed by atoms with Gasteiger partial charge in [0.1, 0.15) is 0 Å². The van der Waals surface area contributed by atoms with E-state index < -0.39 is 17.9 Å². The van der Waals surface area contributed by atoms with Crippen LogP contribution in [0.3, 0.4) is 0 Å². The average Bonchev–Trinajstić information content (AvgIpc) is 1.98. The van der Waals surface area contributed by atoms with Gasteiger partial charge in [0.25, 0.3) is 0 Å². The normalized spacial score (nSPS) is 12.2. The van der Waals surface area contributed by atoms with E-state index in [-0.39, 0.29) is 6.42 Å². The molecule has 0 aliphatic carbocycles. The van der Waals surface area contributed by atoms with E-state index in [1.54, 1.807) is 0 Å². The lowest BCUT2D eigenvalue weighted by atomic mass is 10.2. The molecular formula is C6H13N2O3+. The van der Waals surface area contributed by atoms with Crippen LogP contribution in [0.4, 0.5) is 0 Å². The second-order valence-electron chi connectivity index (χ2n) is 2.23. The van der Waals surface area contributed by atoms with Gasteiger partial charge in [0.15, 0.2) is 6.04 Å². The van der Waals surface area contributed by atoms with Gasteiger partial charge in [-0.3, -0.25) is 4.79 Å². The van der Waals surface area contributed by atoms with Gasteiger partial charge in [0.2, 0.25) is 5.91 Å². The highest BCUT2D eigenvalue weighted by molar-refractivity contribution is 5.77. The Hall–Kier alpha value is -1.10. The Morgan fingerprint density at radius 2 is 2.18 bits per heavy atom. The standard InChI is InChI=1S/C6H12N2O3/c1-11-6(10)4(7)2-3-5(8)9/h4H,2-3,7H2,1H3,(H2,8,9)/p+1/t4-/m1/s1. The lowest BCUT2D eigenvalue weighted by molar-refractivity contribution is -0.409. The summed E-state index contributed by atoms with van der Waals surface area (Å²) in [5.74, 6) is -0.839. The number of amides is 1. The van der Waals surface area contributed by atoms with Gasteiger partial charge in [-0.25, -0.2) is 4.79 Å². The minimum Gasteiger partial charge on any atom is -0.465 e. The molecular weight excluding hydrogens is 148 g/mol. The number of carbonyl (C=O) groups is 2. The number of methoxy groups -OCH3 is 1. The highest BCUT2D eigenvalue weighted by Gasteiger charge is 2.17. The van der Waals surface area contributed by atoms with Gasteiger partial charge >= 0.3 is 5.97 Å². The summed E-state index contributed by atoms with van der Waals surface area (Å²) in [6.07, 6.45) is 0.519. The molecule has 0 saturated carbocycles. The molecule has 64 valence electrons. The molecule has 0 rings (SSSR count). The Bertz CT molecular complexity index is 158. The summed E-state index contributed by atoms with van der Waals surface area (Å²) in [6, 6.07) is -0.493. The van der Waals surface area contributed by atoms with Crippen molar-refractivity contribution in [2.45, 2.75) is 18.9 Å². The van der Waals surface area contributed by atoms with E-state index in [0.29, 0.717) is 6.42 Å². The smallest absolute Gasteiger partial charge is 0.364 e. The molecule has 5 nitrogen and oxygen atoms in total. The van der Waals surface area contributed by atoms with Crippen LogP contribution in [-0.2, 0) is 14.3 Å². The van der Waals surface area contributed by atoms with Crippen molar-refractivity contribution in [1.29, 1.82) is 0 Å². The molecule has 0 unspecified atom stereocenters. The van der Waals surface area contributed by atoms with Crippen LogP contribution in [-0.4, -0.2) is 25.0 Å². The highest BCUT2D eigenvalue weighted by atomic mass is 16.5. The topological polar surface area (TPSA) is 97.0 Å². The van der Waals surface area contributed by atoms with Crippen LogP contribution < -0.4 is 11.5 Å². The quantitative estimate of drug-likeness (QED) is 0.468. The third-order valence-electron chi connectivity index (χ3n) is 1.27. The fourth-order valence-electron chi connectivity index (χ4n) is 0.601. The molecule has 5 N–H and O–H groups in total. The van der Waals surface area contributed by atoms with Gasteiger partial charge < -0.3 is 16.2 Å². The minimum absolute atomic E-state index is 0.170. The van der Waals surface area contributed by atoms with E-state index in [1.807, 2.05) is 0 Å². The Kier molecular flexibility index (Phi) is 4.21. The van der Waals surface area contributed by atoms with Gasteiger partial charge in [-0.1, -0.05) is 0 Å². The van der Waals surface area contributed by atoms with Gasteiger partial charge in [0, 0.05) is 12.8 Å². The molecule has 0 aliphatic rings. The molecule has 0 heterocycles. The SMILES string of the molecule is COC(=O)[C@H]([NH3+])CCC(N)=O. The highest BCUT2D eigenvalue weighted by Crippen LogP contribution is 1.93. The van der Waals surface area contributed by atoms with Crippen molar-refractivity contribution in [1.82, 2.24) is 0 Å². The van der Waals surface area contributed by atoms with Crippen LogP contribution in [0.1, 0.15) is 12.8 Å². The molecule has 0 fully saturated rings. The number of rotatable bonds is 4. The van der Waals surface area contributed by atoms with Gasteiger partial charge in [-0.2, -0.15) is 0 Å². The lowest BCUT2D eigenvalue weighted by Crippen LogP contribution is -2.65. The molecule has 0 aromatic rings. The molecule has 0 bridgehead atoms. The molecule has 0 saturated heterocycles. The van der Waals surface area contributed by atoms with Gasteiger partial charge in [-0.05, 0) is 0 Å². The fraction of sp³-hybridized carbons (Fsp3) is 0.667. The van der Waals surface area contributed by atoms with E-state index in [9.17, 15) is 9.59 Å². The molecule has 5 heteroatoms. The van der Waals surface area contributed by atoms with Crippen LogP contribution in [0, 0.1) is 0 Å². The van der Waals surface area contributed by atoms with Crippen LogP contribution in [0.5, 0.6) is 0 Å². The van der Waals surface area contributed by atoms with E-state index in [2.05, 4.69) is 10.5 Å². The summed E-state index contributed by atoms with van der Waals surface area (Å²) < 4.78 is 4.39. The van der Waals surface area contributed by atoms with E-state index in [1.165, 1.54) is 7.11 Å². The van der Waals surface area contributed by atoms with Crippen molar-refractivity contribution >= 4 is 11.9 Å². The molecule has 1 amide bonds. The average molecular weight is 161 g/mol. The van der Waals surface area contributed by atoms with Crippen LogP contribution in [0.15, 0.2) is 0 Å². The number of hydrogen-bond acceptors (Lipinski definition) is 3. The summed E-state index contributed by atoms with van der Waals surface area (Å²) in [7, 11) is 1.28. The van der Waals surface area contributed by atoms with Crippen molar-refractivity contribution in [2.24, 2.45) is 5.73 Å². The number of nitrogens with two attached hydrogens (primary N) is 1. The van der Waals surface area contributed by atoms with E-state index in [0.717, 1.165) is 0 Å². The second kappa shape index (κ2) is 4.68. The number of ether oxygens (including phenoxy) is 1. The van der Waals surface area contributed by atoms with Gasteiger partial charge in [0.05, 0.1) is 7.11 Å². The predicted octanol–water partition coefficient (Wildman–Crippen LogP) is -1.96. The molecule has 0 spiro atoms. The summed E-state index contributed by atoms with van der Waals surface area (Å²) in [6.45, 7) is 0. The van der Waals surface area contributed by atoms with Crippen molar-refractivity contribution in [3.8, 4) is 0 Å². The number of esters is 1. The summed E-state index contributed by atoms with van der Waals surface area (Å²) in [4.78, 5) is 20.9. The Morgan fingerprint density at radius 1 is 1.64 bits per heavy atom. The third-order valence-corrected chi connectivity index (χ3v) is 1.27. The first-order valence-electron chi connectivity index (χ1n) is 3.27.